The molecular weight excluding hydrogens is 368 g/mol. The molecule has 0 saturated carbocycles. The van der Waals surface area contributed by atoms with Gasteiger partial charge in [-0.05, 0) is 13.0 Å². The smallest absolute Gasteiger partial charge is 0.346 e. The number of aromatic nitrogens is 1. The Bertz CT molecular complexity index is 1120. The maximum absolute atomic E-state index is 12.7. The number of ketones is 1. The highest BCUT2D eigenvalue weighted by Gasteiger charge is 2.30. The number of carbonyl (C=O) groups excluding carboxylic acids is 2. The van der Waals surface area contributed by atoms with Crippen LogP contribution in [-0.4, -0.2) is 34.6 Å². The van der Waals surface area contributed by atoms with Crippen molar-refractivity contribution in [1.29, 1.82) is 0 Å². The number of Topliss-reactive ketones (excluding diaryl/α,β-unsaturated/α-hetero) is 1. The molecule has 1 aliphatic heterocycles. The van der Waals surface area contributed by atoms with E-state index in [1.165, 1.54) is 13.0 Å². The number of hydrogen-bond donors (Lipinski definition) is 1. The van der Waals surface area contributed by atoms with Crippen LogP contribution in [0.15, 0.2) is 42.6 Å². The number of fused-ring (bicyclic) bond motifs is 2. The van der Waals surface area contributed by atoms with Crippen molar-refractivity contribution in [2.24, 2.45) is 0 Å². The van der Waals surface area contributed by atoms with Crippen molar-refractivity contribution in [3.8, 4) is 11.5 Å². The number of aromatic amines is 1. The van der Waals surface area contributed by atoms with Crippen molar-refractivity contribution >= 4 is 28.3 Å². The van der Waals surface area contributed by atoms with Gasteiger partial charge in [-0.2, -0.15) is 0 Å². The number of ether oxygens (including phenoxy) is 3. The number of benzene rings is 2. The zero-order valence-electron chi connectivity index (χ0n) is 14.6. The van der Waals surface area contributed by atoms with Crippen LogP contribution in [0, 0.1) is 10.1 Å². The van der Waals surface area contributed by atoms with E-state index in [-0.39, 0.29) is 23.9 Å². The molecule has 0 bridgehead atoms. The highest BCUT2D eigenvalue weighted by Crippen LogP contribution is 2.38. The Hall–Kier alpha value is -3.88. The van der Waals surface area contributed by atoms with Gasteiger partial charge in [0.15, 0.2) is 17.6 Å². The number of nitrogens with one attached hydrogen (secondary N) is 1. The number of nitrogens with zero attached hydrogens (tertiary/aromatic N) is 1. The number of hydrogen-bond acceptors (Lipinski definition) is 7. The minimum atomic E-state index is -1.14. The summed E-state index contributed by atoms with van der Waals surface area (Å²) in [5.41, 5.74) is 0.348. The van der Waals surface area contributed by atoms with E-state index in [2.05, 4.69) is 4.98 Å². The van der Waals surface area contributed by atoms with E-state index in [9.17, 15) is 19.7 Å². The number of carbonyl (C=O) groups is 2. The summed E-state index contributed by atoms with van der Waals surface area (Å²) in [6.45, 7) is 1.32. The van der Waals surface area contributed by atoms with Gasteiger partial charge >= 0.3 is 5.97 Å². The van der Waals surface area contributed by atoms with Gasteiger partial charge < -0.3 is 19.2 Å². The topological polar surface area (TPSA) is 121 Å². The Morgan fingerprint density at radius 2 is 1.89 bits per heavy atom. The monoisotopic (exact) mass is 382 g/mol. The quantitative estimate of drug-likeness (QED) is 0.311. The van der Waals surface area contributed by atoms with E-state index in [4.69, 9.17) is 14.2 Å². The van der Waals surface area contributed by atoms with Crippen molar-refractivity contribution in [1.82, 2.24) is 4.98 Å². The fourth-order valence-electron chi connectivity index (χ4n) is 3.02. The van der Waals surface area contributed by atoms with Crippen LogP contribution in [0.1, 0.15) is 27.6 Å². The van der Waals surface area contributed by atoms with Gasteiger partial charge in [0.05, 0.1) is 11.0 Å². The summed E-state index contributed by atoms with van der Waals surface area (Å²) in [6, 6.07) is 9.50. The average Bonchev–Trinajstić information content (AvgIpc) is 3.32. The molecule has 0 aliphatic carbocycles. The molecule has 3 aromatic rings. The summed E-state index contributed by atoms with van der Waals surface area (Å²) < 4.78 is 15.5. The molecule has 1 aliphatic rings. The van der Waals surface area contributed by atoms with Crippen molar-refractivity contribution in [3.63, 3.8) is 0 Å². The van der Waals surface area contributed by atoms with Crippen molar-refractivity contribution in [2.75, 3.05) is 6.79 Å². The Labute approximate surface area is 158 Å². The molecule has 4 rings (SSSR count). The standard InChI is InChI=1S/C19H14N2O7/c1-10(18(22)13-8-20-14-5-3-2-4-11(13)14)28-19(23)12-6-16-17(27-9-26-16)7-15(12)21(24)25/h2-8,10,20H,9H2,1H3/t10-/m1/s1. The molecule has 9 heteroatoms. The lowest BCUT2D eigenvalue weighted by Crippen LogP contribution is -2.24. The van der Waals surface area contributed by atoms with Gasteiger partial charge in [0, 0.05) is 28.7 Å². The normalized spacial score (nSPS) is 13.3. The van der Waals surface area contributed by atoms with Crippen LogP contribution in [0.5, 0.6) is 11.5 Å². The van der Waals surface area contributed by atoms with Gasteiger partial charge in [0.2, 0.25) is 12.6 Å². The lowest BCUT2D eigenvalue weighted by molar-refractivity contribution is -0.385. The molecule has 0 amide bonds. The van der Waals surface area contributed by atoms with E-state index < -0.39 is 28.5 Å². The summed E-state index contributed by atoms with van der Waals surface area (Å²) in [5.74, 6) is -1.04. The SMILES string of the molecule is C[C@@H](OC(=O)c1cc2c(cc1[N+](=O)[O-])OCO2)C(=O)c1c[nH]c2ccccc12. The van der Waals surface area contributed by atoms with Gasteiger partial charge in [-0.3, -0.25) is 14.9 Å². The zero-order chi connectivity index (χ0) is 19.8. The van der Waals surface area contributed by atoms with Crippen LogP contribution in [0.3, 0.4) is 0 Å². The first kappa shape index (κ1) is 17.5. The Balaban J connectivity index is 1.60. The van der Waals surface area contributed by atoms with E-state index in [0.717, 1.165) is 11.6 Å². The minimum absolute atomic E-state index is 0.0968. The number of nitro benzene ring substituents is 1. The number of H-pyrrole nitrogens is 1. The van der Waals surface area contributed by atoms with Crippen LogP contribution in [0.25, 0.3) is 10.9 Å². The van der Waals surface area contributed by atoms with E-state index in [1.807, 2.05) is 12.1 Å². The van der Waals surface area contributed by atoms with Gasteiger partial charge in [0.25, 0.3) is 5.69 Å². The maximum Gasteiger partial charge on any atom is 0.346 e. The molecule has 1 N–H and O–H groups in total. The molecule has 0 spiro atoms. The molecule has 2 heterocycles. The highest BCUT2D eigenvalue weighted by molar-refractivity contribution is 6.10. The third kappa shape index (κ3) is 2.92. The molecule has 1 atom stereocenters. The molecule has 0 unspecified atom stereocenters. The molecule has 1 aromatic heterocycles. The lowest BCUT2D eigenvalue weighted by atomic mass is 10.1. The molecule has 0 fully saturated rings. The Morgan fingerprint density at radius 1 is 1.18 bits per heavy atom. The van der Waals surface area contributed by atoms with E-state index in [0.29, 0.717) is 10.9 Å². The molecule has 0 saturated heterocycles. The molecule has 2 aromatic carbocycles. The molecule has 0 radical (unpaired) electrons. The molecular formula is C19H14N2O7. The minimum Gasteiger partial charge on any atom is -0.454 e. The van der Waals surface area contributed by atoms with Crippen LogP contribution < -0.4 is 9.47 Å². The second kappa shape index (κ2) is 6.69. The van der Waals surface area contributed by atoms with Crippen molar-refractivity contribution in [2.45, 2.75) is 13.0 Å². The molecule has 142 valence electrons. The van der Waals surface area contributed by atoms with Gasteiger partial charge in [-0.15, -0.1) is 0 Å². The molecule has 28 heavy (non-hydrogen) atoms. The summed E-state index contributed by atoms with van der Waals surface area (Å²) in [6.07, 6.45) is 0.400. The maximum atomic E-state index is 12.7. The second-order valence-corrected chi connectivity index (χ2v) is 6.14. The van der Waals surface area contributed by atoms with E-state index >= 15 is 0 Å². The van der Waals surface area contributed by atoms with Gasteiger partial charge in [-0.1, -0.05) is 18.2 Å². The number of para-hydroxylation sites is 1. The number of esters is 1. The first-order valence-corrected chi connectivity index (χ1v) is 8.35. The number of rotatable bonds is 5. The van der Waals surface area contributed by atoms with Crippen LogP contribution in [-0.2, 0) is 4.74 Å². The zero-order valence-corrected chi connectivity index (χ0v) is 14.6. The first-order chi connectivity index (χ1) is 13.5. The van der Waals surface area contributed by atoms with Crippen LogP contribution >= 0.6 is 0 Å². The summed E-state index contributed by atoms with van der Waals surface area (Å²) in [5, 5.41) is 12.0. The number of nitro groups is 1. The van der Waals surface area contributed by atoms with Gasteiger partial charge in [-0.25, -0.2) is 4.79 Å². The summed E-state index contributed by atoms with van der Waals surface area (Å²) >= 11 is 0. The van der Waals surface area contributed by atoms with Crippen LogP contribution in [0.2, 0.25) is 0 Å². The lowest BCUT2D eigenvalue weighted by Gasteiger charge is -2.12. The third-order valence-corrected chi connectivity index (χ3v) is 4.42. The fraction of sp³-hybridized carbons (Fsp3) is 0.158. The van der Waals surface area contributed by atoms with Crippen molar-refractivity contribution < 1.29 is 28.7 Å². The second-order valence-electron chi connectivity index (χ2n) is 6.14. The fourth-order valence-corrected chi connectivity index (χ4v) is 3.02. The average molecular weight is 382 g/mol. The predicted molar refractivity (Wildman–Crippen MR) is 96.7 cm³/mol. The third-order valence-electron chi connectivity index (χ3n) is 4.42. The van der Waals surface area contributed by atoms with Crippen LogP contribution in [0.4, 0.5) is 5.69 Å². The summed E-state index contributed by atoms with van der Waals surface area (Å²) in [7, 11) is 0. The Kier molecular flexibility index (Phi) is 4.19. The highest BCUT2D eigenvalue weighted by atomic mass is 16.7. The summed E-state index contributed by atoms with van der Waals surface area (Å²) in [4.78, 5) is 38.8. The first-order valence-electron chi connectivity index (χ1n) is 8.35. The Morgan fingerprint density at radius 3 is 2.64 bits per heavy atom. The van der Waals surface area contributed by atoms with Crippen molar-refractivity contribution in [3.05, 3.63) is 63.8 Å². The largest absolute Gasteiger partial charge is 0.454 e. The van der Waals surface area contributed by atoms with Gasteiger partial charge in [0.1, 0.15) is 5.56 Å². The predicted octanol–water partition coefficient (Wildman–Crippen LogP) is 3.23. The van der Waals surface area contributed by atoms with E-state index in [1.54, 1.807) is 18.3 Å². The molecule has 9 nitrogen and oxygen atoms in total.